The van der Waals surface area contributed by atoms with Crippen LogP contribution in [-0.2, 0) is 9.53 Å². The number of ether oxygens (including phenoxy) is 1. The molecule has 2 aliphatic rings. The van der Waals surface area contributed by atoms with Gasteiger partial charge in [-0.1, -0.05) is 0 Å². The maximum Gasteiger partial charge on any atom is 0.307 e. The summed E-state index contributed by atoms with van der Waals surface area (Å²) in [5.41, 5.74) is 0. The minimum atomic E-state index is -0.663. The van der Waals surface area contributed by atoms with Crippen molar-refractivity contribution >= 4 is 5.97 Å². The zero-order valence-corrected chi connectivity index (χ0v) is 6.90. The van der Waals surface area contributed by atoms with Crippen LogP contribution in [0.4, 0.5) is 0 Å². The third kappa shape index (κ3) is 1.32. The number of aliphatic carboxylic acids is 1. The van der Waals surface area contributed by atoms with Gasteiger partial charge in [-0.05, 0) is 6.42 Å². The first-order valence-corrected chi connectivity index (χ1v) is 4.32. The van der Waals surface area contributed by atoms with Gasteiger partial charge in [-0.3, -0.25) is 9.69 Å². The number of carboxylic acid groups (broad SMARTS) is 1. The Kier molecular flexibility index (Phi) is 2.02. The van der Waals surface area contributed by atoms with Gasteiger partial charge in [-0.25, -0.2) is 0 Å². The highest BCUT2D eigenvalue weighted by atomic mass is 16.5. The lowest BCUT2D eigenvalue weighted by molar-refractivity contribution is -0.141. The van der Waals surface area contributed by atoms with Crippen LogP contribution in [0.5, 0.6) is 0 Å². The number of rotatable bonds is 1. The van der Waals surface area contributed by atoms with E-state index in [2.05, 4.69) is 4.90 Å². The molecule has 4 nitrogen and oxygen atoms in total. The Hall–Kier alpha value is -0.610. The molecular weight excluding hydrogens is 158 g/mol. The van der Waals surface area contributed by atoms with Crippen LogP contribution in [0.25, 0.3) is 0 Å². The second kappa shape index (κ2) is 3.03. The molecular formula is C8H13NO3. The number of fused-ring (bicyclic) bond motifs is 1. The summed E-state index contributed by atoms with van der Waals surface area (Å²) in [5.74, 6) is -0.832. The van der Waals surface area contributed by atoms with E-state index in [0.29, 0.717) is 19.2 Å². The molecule has 0 unspecified atom stereocenters. The molecule has 2 aliphatic heterocycles. The Morgan fingerprint density at radius 3 is 3.08 bits per heavy atom. The second-order valence-electron chi connectivity index (χ2n) is 3.49. The number of hydrogen-bond donors (Lipinski definition) is 1. The zero-order chi connectivity index (χ0) is 8.55. The molecule has 2 fully saturated rings. The molecule has 0 aromatic heterocycles. The number of nitrogens with zero attached hydrogens (tertiary/aromatic N) is 1. The third-order valence-corrected chi connectivity index (χ3v) is 2.71. The van der Waals surface area contributed by atoms with Crippen LogP contribution in [-0.4, -0.2) is 48.3 Å². The summed E-state index contributed by atoms with van der Waals surface area (Å²) in [5, 5.41) is 8.79. The molecule has 4 heteroatoms. The van der Waals surface area contributed by atoms with Crippen LogP contribution >= 0.6 is 0 Å². The molecule has 2 saturated heterocycles. The monoisotopic (exact) mass is 171 g/mol. The molecule has 2 rings (SSSR count). The van der Waals surface area contributed by atoms with E-state index in [1.165, 1.54) is 0 Å². The highest BCUT2D eigenvalue weighted by molar-refractivity contribution is 5.70. The fourth-order valence-corrected chi connectivity index (χ4v) is 2.01. The van der Waals surface area contributed by atoms with Crippen LogP contribution in [0.3, 0.4) is 0 Å². The van der Waals surface area contributed by atoms with Crippen molar-refractivity contribution in [2.45, 2.75) is 12.5 Å². The summed E-state index contributed by atoms with van der Waals surface area (Å²) in [6, 6.07) is 0.361. The fraction of sp³-hybridized carbons (Fsp3) is 0.875. The standard InChI is InChI=1S/C8H13NO3/c10-8(11)6-3-7-5-12-2-1-9(7)4-6/h6-7H,1-5H2,(H,10,11)/t6-,7-/m0/s1. The van der Waals surface area contributed by atoms with Crippen molar-refractivity contribution in [3.8, 4) is 0 Å². The van der Waals surface area contributed by atoms with E-state index < -0.39 is 5.97 Å². The minimum Gasteiger partial charge on any atom is -0.481 e. The minimum absolute atomic E-state index is 0.170. The lowest BCUT2D eigenvalue weighted by Crippen LogP contribution is -2.40. The number of hydrogen-bond acceptors (Lipinski definition) is 3. The zero-order valence-electron chi connectivity index (χ0n) is 6.90. The van der Waals surface area contributed by atoms with Gasteiger partial charge in [0.2, 0.25) is 0 Å². The van der Waals surface area contributed by atoms with Crippen molar-refractivity contribution in [2.75, 3.05) is 26.3 Å². The molecule has 0 amide bonds. The van der Waals surface area contributed by atoms with Crippen molar-refractivity contribution in [2.24, 2.45) is 5.92 Å². The molecule has 12 heavy (non-hydrogen) atoms. The Balaban J connectivity index is 1.98. The van der Waals surface area contributed by atoms with E-state index >= 15 is 0 Å². The van der Waals surface area contributed by atoms with E-state index in [4.69, 9.17) is 9.84 Å². The predicted octanol–water partition coefficient (Wildman–Crippen LogP) is -0.208. The summed E-state index contributed by atoms with van der Waals surface area (Å²) in [4.78, 5) is 12.9. The molecule has 0 aliphatic carbocycles. The van der Waals surface area contributed by atoms with Crippen LogP contribution in [0, 0.1) is 5.92 Å². The average molecular weight is 171 g/mol. The van der Waals surface area contributed by atoms with Crippen molar-refractivity contribution < 1.29 is 14.6 Å². The summed E-state index contributed by atoms with van der Waals surface area (Å²) < 4.78 is 5.28. The van der Waals surface area contributed by atoms with Crippen LogP contribution in [0.1, 0.15) is 6.42 Å². The van der Waals surface area contributed by atoms with E-state index in [1.54, 1.807) is 0 Å². The predicted molar refractivity (Wildman–Crippen MR) is 41.9 cm³/mol. The molecule has 68 valence electrons. The van der Waals surface area contributed by atoms with Gasteiger partial charge in [0.1, 0.15) is 0 Å². The van der Waals surface area contributed by atoms with Gasteiger partial charge in [0.05, 0.1) is 19.1 Å². The van der Waals surface area contributed by atoms with Crippen molar-refractivity contribution in [3.63, 3.8) is 0 Å². The first-order valence-electron chi connectivity index (χ1n) is 4.32. The fourth-order valence-electron chi connectivity index (χ4n) is 2.01. The molecule has 0 aromatic rings. The molecule has 0 saturated carbocycles. The number of morpholine rings is 1. The van der Waals surface area contributed by atoms with E-state index in [9.17, 15) is 4.79 Å². The molecule has 0 aromatic carbocycles. The highest BCUT2D eigenvalue weighted by Gasteiger charge is 2.37. The van der Waals surface area contributed by atoms with Crippen molar-refractivity contribution in [1.29, 1.82) is 0 Å². The summed E-state index contributed by atoms with van der Waals surface area (Å²) in [6.07, 6.45) is 0.759. The van der Waals surface area contributed by atoms with Crippen molar-refractivity contribution in [3.05, 3.63) is 0 Å². The van der Waals surface area contributed by atoms with Gasteiger partial charge in [0, 0.05) is 19.1 Å². The van der Waals surface area contributed by atoms with Gasteiger partial charge in [-0.2, -0.15) is 0 Å². The smallest absolute Gasteiger partial charge is 0.307 e. The summed E-state index contributed by atoms with van der Waals surface area (Å²) in [7, 11) is 0. The van der Waals surface area contributed by atoms with E-state index in [0.717, 1.165) is 19.6 Å². The van der Waals surface area contributed by atoms with Crippen LogP contribution in [0.15, 0.2) is 0 Å². The highest BCUT2D eigenvalue weighted by Crippen LogP contribution is 2.25. The first-order chi connectivity index (χ1) is 5.77. The average Bonchev–Trinajstić information content (AvgIpc) is 2.46. The van der Waals surface area contributed by atoms with Gasteiger partial charge in [0.15, 0.2) is 0 Å². The molecule has 0 bridgehead atoms. The topological polar surface area (TPSA) is 49.8 Å². The van der Waals surface area contributed by atoms with Gasteiger partial charge in [0.25, 0.3) is 0 Å². The molecule has 2 heterocycles. The normalized spacial score (nSPS) is 36.3. The lowest BCUT2D eigenvalue weighted by Gasteiger charge is -2.28. The van der Waals surface area contributed by atoms with Crippen molar-refractivity contribution in [1.82, 2.24) is 4.90 Å². The van der Waals surface area contributed by atoms with Gasteiger partial charge < -0.3 is 9.84 Å². The van der Waals surface area contributed by atoms with E-state index in [-0.39, 0.29) is 5.92 Å². The maximum atomic E-state index is 10.7. The van der Waals surface area contributed by atoms with Gasteiger partial charge in [-0.15, -0.1) is 0 Å². The largest absolute Gasteiger partial charge is 0.481 e. The van der Waals surface area contributed by atoms with Gasteiger partial charge >= 0.3 is 5.97 Å². The van der Waals surface area contributed by atoms with Crippen LogP contribution in [0.2, 0.25) is 0 Å². The molecule has 0 spiro atoms. The molecule has 1 N–H and O–H groups in total. The SMILES string of the molecule is O=C(O)[C@H]1C[C@H]2COCCN2C1. The van der Waals surface area contributed by atoms with Crippen LogP contribution < -0.4 is 0 Å². The summed E-state index contributed by atoms with van der Waals surface area (Å²) >= 11 is 0. The second-order valence-corrected chi connectivity index (χ2v) is 3.49. The Labute approximate surface area is 71.1 Å². The Bertz CT molecular complexity index is 181. The van der Waals surface area contributed by atoms with E-state index in [1.807, 2.05) is 0 Å². The maximum absolute atomic E-state index is 10.7. The quantitative estimate of drug-likeness (QED) is 0.593. The molecule has 2 atom stereocenters. The number of carbonyl (C=O) groups is 1. The number of carboxylic acids is 1. The Morgan fingerprint density at radius 1 is 1.58 bits per heavy atom. The molecule has 0 radical (unpaired) electrons. The first kappa shape index (κ1) is 8.01. The lowest BCUT2D eigenvalue weighted by atomic mass is 10.1. The third-order valence-electron chi connectivity index (χ3n) is 2.71. The Morgan fingerprint density at radius 2 is 2.42 bits per heavy atom. The summed E-state index contributed by atoms with van der Waals surface area (Å²) in [6.45, 7) is 3.07.